The van der Waals surface area contributed by atoms with Gasteiger partial charge in [-0.15, -0.1) is 0 Å². The Hall–Kier alpha value is -1.59. The van der Waals surface area contributed by atoms with E-state index in [1.807, 2.05) is 25.1 Å². The van der Waals surface area contributed by atoms with Crippen LogP contribution in [0.1, 0.15) is 24.9 Å². The molecule has 1 unspecified atom stereocenters. The Morgan fingerprint density at radius 3 is 3.06 bits per heavy atom. The summed E-state index contributed by atoms with van der Waals surface area (Å²) in [6, 6.07) is 5.30. The van der Waals surface area contributed by atoms with Crippen LogP contribution in [0.25, 0.3) is 0 Å². The van der Waals surface area contributed by atoms with Crippen molar-refractivity contribution in [3.05, 3.63) is 23.8 Å². The number of carbonyl (C=O) groups excluding carboxylic acids is 1. The number of likely N-dealkylation sites (N-methyl/N-ethyl adjacent to an activating group) is 1. The van der Waals surface area contributed by atoms with Gasteiger partial charge in [0.05, 0.1) is 6.61 Å². The van der Waals surface area contributed by atoms with E-state index in [1.165, 1.54) is 0 Å². The summed E-state index contributed by atoms with van der Waals surface area (Å²) in [6.07, 6.45) is 0.601. The van der Waals surface area contributed by atoms with Crippen LogP contribution in [0.5, 0.6) is 5.75 Å². The van der Waals surface area contributed by atoms with Crippen molar-refractivity contribution in [2.75, 3.05) is 25.1 Å². The van der Waals surface area contributed by atoms with Crippen LogP contribution < -0.4 is 15.4 Å². The maximum Gasteiger partial charge on any atom is 0.246 e. The summed E-state index contributed by atoms with van der Waals surface area (Å²) >= 11 is 0. The highest BCUT2D eigenvalue weighted by Crippen LogP contribution is 2.33. The summed E-state index contributed by atoms with van der Waals surface area (Å²) in [7, 11) is 0. The van der Waals surface area contributed by atoms with Gasteiger partial charge in [-0.25, -0.2) is 0 Å². The number of benzene rings is 1. The second kappa shape index (κ2) is 5.84. The Bertz CT molecular complexity index is 434. The number of hydrogen-bond donors (Lipinski definition) is 3. The summed E-state index contributed by atoms with van der Waals surface area (Å²) in [5.74, 6) is 0.680. The Morgan fingerprint density at radius 1 is 1.50 bits per heavy atom. The fourth-order valence-corrected chi connectivity index (χ4v) is 1.99. The standard InChI is InChI=1S/C13H18N2O3/c1-2-14-12-10-5-4-9(18-7-3-6-16)8-11(10)15-13(12)17/h4-5,8,12,14,16H,2-3,6-7H2,1H3,(H,15,17). The van der Waals surface area contributed by atoms with E-state index in [9.17, 15) is 4.79 Å². The largest absolute Gasteiger partial charge is 0.493 e. The fourth-order valence-electron chi connectivity index (χ4n) is 1.99. The Morgan fingerprint density at radius 2 is 2.33 bits per heavy atom. The van der Waals surface area contributed by atoms with Crippen LogP contribution in [0.3, 0.4) is 0 Å². The number of ether oxygens (including phenoxy) is 1. The van der Waals surface area contributed by atoms with Crippen molar-refractivity contribution in [2.24, 2.45) is 0 Å². The minimum Gasteiger partial charge on any atom is -0.493 e. The van der Waals surface area contributed by atoms with Gasteiger partial charge in [0.25, 0.3) is 0 Å². The Labute approximate surface area is 106 Å². The first-order chi connectivity index (χ1) is 8.76. The zero-order valence-corrected chi connectivity index (χ0v) is 10.4. The van der Waals surface area contributed by atoms with Crippen molar-refractivity contribution >= 4 is 11.6 Å². The van der Waals surface area contributed by atoms with E-state index in [-0.39, 0.29) is 18.6 Å². The number of aliphatic hydroxyl groups is 1. The van der Waals surface area contributed by atoms with E-state index >= 15 is 0 Å². The lowest BCUT2D eigenvalue weighted by Gasteiger charge is -2.10. The smallest absolute Gasteiger partial charge is 0.246 e. The number of fused-ring (bicyclic) bond motifs is 1. The molecule has 0 saturated carbocycles. The second-order valence-corrected chi connectivity index (χ2v) is 4.15. The fraction of sp³-hybridized carbons (Fsp3) is 0.462. The molecule has 18 heavy (non-hydrogen) atoms. The van der Waals surface area contributed by atoms with Crippen molar-refractivity contribution < 1.29 is 14.6 Å². The maximum absolute atomic E-state index is 11.7. The number of nitrogens with one attached hydrogen (secondary N) is 2. The predicted molar refractivity (Wildman–Crippen MR) is 68.7 cm³/mol. The van der Waals surface area contributed by atoms with Gasteiger partial charge in [-0.3, -0.25) is 4.79 Å². The summed E-state index contributed by atoms with van der Waals surface area (Å²) in [6.45, 7) is 3.30. The lowest BCUT2D eigenvalue weighted by molar-refractivity contribution is -0.117. The van der Waals surface area contributed by atoms with E-state index in [0.29, 0.717) is 18.8 Å². The van der Waals surface area contributed by atoms with Crippen LogP contribution in [-0.2, 0) is 4.79 Å². The zero-order chi connectivity index (χ0) is 13.0. The van der Waals surface area contributed by atoms with Crippen molar-refractivity contribution in [3.8, 4) is 5.75 Å². The quantitative estimate of drug-likeness (QED) is 0.660. The van der Waals surface area contributed by atoms with Crippen LogP contribution >= 0.6 is 0 Å². The Balaban J connectivity index is 2.09. The summed E-state index contributed by atoms with van der Waals surface area (Å²) < 4.78 is 5.47. The molecule has 0 aliphatic carbocycles. The molecule has 1 amide bonds. The number of carbonyl (C=O) groups is 1. The number of anilines is 1. The summed E-state index contributed by atoms with van der Waals surface area (Å²) in [4.78, 5) is 11.7. The molecule has 1 atom stereocenters. The molecule has 98 valence electrons. The average Bonchev–Trinajstić information content (AvgIpc) is 2.66. The van der Waals surface area contributed by atoms with E-state index < -0.39 is 0 Å². The monoisotopic (exact) mass is 250 g/mol. The first-order valence-electron chi connectivity index (χ1n) is 6.18. The van der Waals surface area contributed by atoms with E-state index in [4.69, 9.17) is 9.84 Å². The Kier molecular flexibility index (Phi) is 4.17. The van der Waals surface area contributed by atoms with Crippen molar-refractivity contribution in [3.63, 3.8) is 0 Å². The van der Waals surface area contributed by atoms with Gasteiger partial charge in [-0.1, -0.05) is 13.0 Å². The van der Waals surface area contributed by atoms with Gasteiger partial charge in [-0.05, 0) is 12.6 Å². The lowest BCUT2D eigenvalue weighted by Crippen LogP contribution is -2.27. The number of rotatable bonds is 6. The molecule has 1 heterocycles. The molecule has 2 rings (SSSR count). The van der Waals surface area contributed by atoms with Gasteiger partial charge in [0.15, 0.2) is 0 Å². The first kappa shape index (κ1) is 12.9. The minimum atomic E-state index is -0.267. The first-order valence-corrected chi connectivity index (χ1v) is 6.18. The van der Waals surface area contributed by atoms with Crippen LogP contribution in [0.15, 0.2) is 18.2 Å². The van der Waals surface area contributed by atoms with Crippen LogP contribution in [0.4, 0.5) is 5.69 Å². The third-order valence-electron chi connectivity index (χ3n) is 2.84. The molecule has 0 aromatic heterocycles. The second-order valence-electron chi connectivity index (χ2n) is 4.15. The average molecular weight is 250 g/mol. The number of aliphatic hydroxyl groups excluding tert-OH is 1. The molecule has 1 aromatic rings. The van der Waals surface area contributed by atoms with Crippen molar-refractivity contribution in [2.45, 2.75) is 19.4 Å². The lowest BCUT2D eigenvalue weighted by atomic mass is 10.1. The molecule has 0 saturated heterocycles. The zero-order valence-electron chi connectivity index (χ0n) is 10.4. The number of hydrogen-bond acceptors (Lipinski definition) is 4. The van der Waals surface area contributed by atoms with Crippen LogP contribution in [0, 0.1) is 0 Å². The van der Waals surface area contributed by atoms with Crippen molar-refractivity contribution in [1.29, 1.82) is 0 Å². The molecule has 0 radical (unpaired) electrons. The molecule has 1 aromatic carbocycles. The van der Waals surface area contributed by atoms with Gasteiger partial charge < -0.3 is 20.5 Å². The van der Waals surface area contributed by atoms with E-state index in [2.05, 4.69) is 10.6 Å². The highest BCUT2D eigenvalue weighted by atomic mass is 16.5. The highest BCUT2D eigenvalue weighted by molar-refractivity contribution is 6.02. The van der Waals surface area contributed by atoms with Gasteiger partial charge in [0, 0.05) is 30.3 Å². The molecular formula is C13H18N2O3. The van der Waals surface area contributed by atoms with Gasteiger partial charge >= 0.3 is 0 Å². The number of amides is 1. The molecule has 5 nitrogen and oxygen atoms in total. The van der Waals surface area contributed by atoms with Crippen molar-refractivity contribution in [1.82, 2.24) is 5.32 Å². The SMILES string of the molecule is CCNC1C(=O)Nc2cc(OCCCO)ccc21. The molecule has 1 aliphatic heterocycles. The van der Waals surface area contributed by atoms with E-state index in [1.54, 1.807) is 0 Å². The third-order valence-corrected chi connectivity index (χ3v) is 2.84. The highest BCUT2D eigenvalue weighted by Gasteiger charge is 2.29. The molecule has 0 spiro atoms. The molecule has 1 aliphatic rings. The van der Waals surface area contributed by atoms with Gasteiger partial charge in [0.1, 0.15) is 11.8 Å². The molecule has 3 N–H and O–H groups in total. The van der Waals surface area contributed by atoms with E-state index in [0.717, 1.165) is 17.8 Å². The van der Waals surface area contributed by atoms with Gasteiger partial charge in [0.2, 0.25) is 5.91 Å². The van der Waals surface area contributed by atoms with Crippen LogP contribution in [-0.4, -0.2) is 30.8 Å². The summed E-state index contributed by atoms with van der Waals surface area (Å²) in [5, 5.41) is 14.7. The minimum absolute atomic E-state index is 0.0284. The molecule has 0 fully saturated rings. The predicted octanol–water partition coefficient (Wildman–Crippen LogP) is 1.05. The van der Waals surface area contributed by atoms with Gasteiger partial charge in [-0.2, -0.15) is 0 Å². The molecule has 0 bridgehead atoms. The maximum atomic E-state index is 11.7. The topological polar surface area (TPSA) is 70.6 Å². The van der Waals surface area contributed by atoms with Crippen LogP contribution in [0.2, 0.25) is 0 Å². The third kappa shape index (κ3) is 2.63. The summed E-state index contributed by atoms with van der Waals surface area (Å²) in [5.41, 5.74) is 1.75. The molecule has 5 heteroatoms. The normalized spacial score (nSPS) is 17.4. The molecular weight excluding hydrogens is 232 g/mol.